The molecule has 0 aliphatic heterocycles. The molecule has 0 radical (unpaired) electrons. The summed E-state index contributed by atoms with van der Waals surface area (Å²) < 4.78 is 0.492. The number of nitrogens with one attached hydrogen (secondary N) is 1. The molecule has 82 valence electrons. The van der Waals surface area contributed by atoms with Crippen molar-refractivity contribution >= 4 is 27.5 Å². The smallest absolute Gasteiger partial charge is 0.267 e. The molecule has 0 bridgehead atoms. The highest BCUT2D eigenvalue weighted by atomic mass is 79.9. The fourth-order valence-corrected chi connectivity index (χ4v) is 1.80. The Kier molecular flexibility index (Phi) is 3.41. The van der Waals surface area contributed by atoms with Gasteiger partial charge in [0.2, 0.25) is 0 Å². The van der Waals surface area contributed by atoms with Crippen molar-refractivity contribution in [3.8, 4) is 0 Å². The van der Waals surface area contributed by atoms with Crippen LogP contribution in [0.5, 0.6) is 0 Å². The van der Waals surface area contributed by atoms with Crippen molar-refractivity contribution in [2.45, 2.75) is 6.42 Å². The first-order chi connectivity index (χ1) is 7.65. The number of benzene rings is 1. The Bertz CT molecular complexity index is 551. The number of rotatable bonds is 2. The van der Waals surface area contributed by atoms with Crippen LogP contribution >= 0.6 is 27.5 Å². The predicted octanol–water partition coefficient (Wildman–Crippen LogP) is 2.78. The van der Waals surface area contributed by atoms with Crippen molar-refractivity contribution in [1.29, 1.82) is 0 Å². The highest BCUT2D eigenvalue weighted by Gasteiger charge is 2.01. The fraction of sp³-hybridized carbons (Fsp3) is 0.0909. The van der Waals surface area contributed by atoms with Crippen molar-refractivity contribution in [1.82, 2.24) is 10.2 Å². The summed E-state index contributed by atoms with van der Waals surface area (Å²) in [4.78, 5) is 11.1. The topological polar surface area (TPSA) is 45.8 Å². The maximum absolute atomic E-state index is 11.1. The van der Waals surface area contributed by atoms with Crippen LogP contribution in [0.25, 0.3) is 0 Å². The summed E-state index contributed by atoms with van der Waals surface area (Å²) in [6, 6.07) is 9.24. The van der Waals surface area contributed by atoms with Crippen LogP contribution in [-0.2, 0) is 6.42 Å². The highest BCUT2D eigenvalue weighted by molar-refractivity contribution is 9.10. The zero-order valence-corrected chi connectivity index (χ0v) is 10.5. The zero-order valence-electron chi connectivity index (χ0n) is 8.21. The van der Waals surface area contributed by atoms with Gasteiger partial charge in [-0.05, 0) is 39.7 Å². The molecule has 0 aliphatic carbocycles. The van der Waals surface area contributed by atoms with Gasteiger partial charge in [-0.2, -0.15) is 5.10 Å². The van der Waals surface area contributed by atoms with E-state index in [2.05, 4.69) is 26.1 Å². The van der Waals surface area contributed by atoms with E-state index in [1.54, 1.807) is 6.07 Å². The van der Waals surface area contributed by atoms with E-state index in [0.29, 0.717) is 15.9 Å². The average molecular weight is 300 g/mol. The maximum atomic E-state index is 11.1. The fourth-order valence-electron chi connectivity index (χ4n) is 1.32. The molecule has 0 unspecified atom stereocenters. The summed E-state index contributed by atoms with van der Waals surface area (Å²) in [5.74, 6) is 0. The zero-order chi connectivity index (χ0) is 11.5. The second-order valence-corrected chi connectivity index (χ2v) is 4.63. The second kappa shape index (κ2) is 4.80. The molecular weight excluding hydrogens is 291 g/mol. The molecule has 2 aromatic rings. The van der Waals surface area contributed by atoms with Crippen LogP contribution in [0.2, 0.25) is 5.02 Å². The Labute approximate surface area is 106 Å². The molecular formula is C11H8BrClN2O. The first kappa shape index (κ1) is 11.4. The van der Waals surface area contributed by atoms with E-state index < -0.39 is 0 Å². The minimum atomic E-state index is -0.222. The number of aromatic nitrogens is 2. The number of nitrogens with zero attached hydrogens (tertiary/aromatic N) is 1. The molecule has 3 nitrogen and oxygen atoms in total. The molecule has 2 rings (SSSR count). The molecule has 1 N–H and O–H groups in total. The SMILES string of the molecule is O=c1[nH]nc(Cc2ccc(Cl)cc2)cc1Br. The van der Waals surface area contributed by atoms with Gasteiger partial charge in [-0.1, -0.05) is 23.7 Å². The van der Waals surface area contributed by atoms with E-state index in [9.17, 15) is 4.79 Å². The summed E-state index contributed by atoms with van der Waals surface area (Å²) >= 11 is 8.96. The van der Waals surface area contributed by atoms with Gasteiger partial charge in [0, 0.05) is 11.4 Å². The molecule has 0 spiro atoms. The Morgan fingerprint density at radius 1 is 1.31 bits per heavy atom. The van der Waals surface area contributed by atoms with Gasteiger partial charge >= 0.3 is 0 Å². The third-order valence-corrected chi connectivity index (χ3v) is 2.95. The van der Waals surface area contributed by atoms with Crippen molar-refractivity contribution < 1.29 is 0 Å². The number of halogens is 2. The van der Waals surface area contributed by atoms with Crippen LogP contribution in [0.4, 0.5) is 0 Å². The molecule has 0 atom stereocenters. The standard InChI is InChI=1S/C11H8BrClN2O/c12-10-6-9(14-15-11(10)16)5-7-1-3-8(13)4-2-7/h1-4,6H,5H2,(H,15,16). The summed E-state index contributed by atoms with van der Waals surface area (Å²) in [6.07, 6.45) is 0.659. The van der Waals surface area contributed by atoms with Crippen LogP contribution in [0.3, 0.4) is 0 Å². The largest absolute Gasteiger partial charge is 0.278 e. The molecule has 5 heteroatoms. The quantitative estimate of drug-likeness (QED) is 0.927. The van der Waals surface area contributed by atoms with Crippen molar-refractivity contribution in [2.75, 3.05) is 0 Å². The van der Waals surface area contributed by atoms with Gasteiger partial charge in [-0.25, -0.2) is 5.10 Å². The van der Waals surface area contributed by atoms with Gasteiger partial charge < -0.3 is 0 Å². The van der Waals surface area contributed by atoms with Crippen molar-refractivity contribution in [3.05, 3.63) is 61.4 Å². The van der Waals surface area contributed by atoms with Gasteiger partial charge in [0.25, 0.3) is 5.56 Å². The van der Waals surface area contributed by atoms with E-state index in [0.717, 1.165) is 11.3 Å². The number of H-pyrrole nitrogens is 1. The van der Waals surface area contributed by atoms with Crippen LogP contribution in [-0.4, -0.2) is 10.2 Å². The van der Waals surface area contributed by atoms with Crippen LogP contribution < -0.4 is 5.56 Å². The Morgan fingerprint density at radius 3 is 2.62 bits per heavy atom. The van der Waals surface area contributed by atoms with Gasteiger partial charge in [0.1, 0.15) is 0 Å². The Morgan fingerprint density at radius 2 is 2.00 bits per heavy atom. The normalized spacial score (nSPS) is 10.4. The molecule has 0 amide bonds. The number of hydrogen-bond acceptors (Lipinski definition) is 2. The lowest BCUT2D eigenvalue weighted by atomic mass is 10.1. The molecule has 1 heterocycles. The Balaban J connectivity index is 2.23. The molecule has 1 aromatic heterocycles. The van der Waals surface area contributed by atoms with Crippen LogP contribution in [0.15, 0.2) is 39.6 Å². The lowest BCUT2D eigenvalue weighted by Gasteiger charge is -2.01. The molecule has 0 aliphatic rings. The Hall–Kier alpha value is -1.13. The molecule has 0 fully saturated rings. The lowest BCUT2D eigenvalue weighted by Crippen LogP contribution is -2.10. The minimum Gasteiger partial charge on any atom is -0.267 e. The first-order valence-electron chi connectivity index (χ1n) is 4.64. The molecule has 0 saturated heterocycles. The minimum absolute atomic E-state index is 0.222. The molecule has 1 aromatic carbocycles. The van der Waals surface area contributed by atoms with Crippen molar-refractivity contribution in [3.63, 3.8) is 0 Å². The lowest BCUT2D eigenvalue weighted by molar-refractivity contribution is 0.903. The predicted molar refractivity (Wildman–Crippen MR) is 66.8 cm³/mol. The first-order valence-corrected chi connectivity index (χ1v) is 5.81. The molecule has 16 heavy (non-hydrogen) atoms. The summed E-state index contributed by atoms with van der Waals surface area (Å²) in [5, 5.41) is 7.09. The average Bonchev–Trinajstić information content (AvgIpc) is 2.27. The maximum Gasteiger partial charge on any atom is 0.278 e. The van der Waals surface area contributed by atoms with E-state index >= 15 is 0 Å². The van der Waals surface area contributed by atoms with Gasteiger partial charge in [-0.15, -0.1) is 0 Å². The van der Waals surface area contributed by atoms with Gasteiger partial charge in [0.05, 0.1) is 10.2 Å². The highest BCUT2D eigenvalue weighted by Crippen LogP contribution is 2.13. The van der Waals surface area contributed by atoms with Gasteiger partial charge in [0.15, 0.2) is 0 Å². The number of aromatic amines is 1. The van der Waals surface area contributed by atoms with E-state index in [1.807, 2.05) is 24.3 Å². The monoisotopic (exact) mass is 298 g/mol. The van der Waals surface area contributed by atoms with Crippen LogP contribution in [0.1, 0.15) is 11.3 Å². The second-order valence-electron chi connectivity index (χ2n) is 3.34. The van der Waals surface area contributed by atoms with Crippen LogP contribution in [0, 0.1) is 0 Å². The van der Waals surface area contributed by atoms with E-state index in [4.69, 9.17) is 11.6 Å². The summed E-state index contributed by atoms with van der Waals surface area (Å²) in [7, 11) is 0. The number of hydrogen-bond donors (Lipinski definition) is 1. The van der Waals surface area contributed by atoms with E-state index in [-0.39, 0.29) is 5.56 Å². The summed E-state index contributed by atoms with van der Waals surface area (Å²) in [5.41, 5.74) is 1.67. The summed E-state index contributed by atoms with van der Waals surface area (Å²) in [6.45, 7) is 0. The third-order valence-electron chi connectivity index (χ3n) is 2.11. The van der Waals surface area contributed by atoms with E-state index in [1.165, 1.54) is 0 Å². The molecule has 0 saturated carbocycles. The van der Waals surface area contributed by atoms with Gasteiger partial charge in [-0.3, -0.25) is 4.79 Å². The third kappa shape index (κ3) is 2.71. The van der Waals surface area contributed by atoms with Crippen molar-refractivity contribution in [2.24, 2.45) is 0 Å².